The molecule has 98 valence electrons. The normalized spacial score (nSPS) is 18.1. The number of hydrogen-bond acceptors (Lipinski definition) is 2. The Kier molecular flexibility index (Phi) is 2.46. The lowest BCUT2D eigenvalue weighted by Crippen LogP contribution is -2.23. The highest BCUT2D eigenvalue weighted by molar-refractivity contribution is 6.14. The second-order valence-corrected chi connectivity index (χ2v) is 5.15. The van der Waals surface area contributed by atoms with Crippen molar-refractivity contribution in [1.82, 2.24) is 4.90 Å². The predicted molar refractivity (Wildman–Crippen MR) is 81.1 cm³/mol. The van der Waals surface area contributed by atoms with Crippen LogP contribution in [0.3, 0.4) is 0 Å². The van der Waals surface area contributed by atoms with E-state index in [-0.39, 0.29) is 0 Å². The zero-order valence-electron chi connectivity index (χ0n) is 11.4. The molecule has 2 aromatic carbocycles. The molecule has 2 aliphatic heterocycles. The van der Waals surface area contributed by atoms with E-state index in [2.05, 4.69) is 58.4 Å². The van der Waals surface area contributed by atoms with Crippen molar-refractivity contribution in [2.45, 2.75) is 13.1 Å². The monoisotopic (exact) mass is 261 g/mol. The van der Waals surface area contributed by atoms with Gasteiger partial charge in [0.2, 0.25) is 0 Å². The highest BCUT2D eigenvalue weighted by atomic mass is 15.2. The van der Waals surface area contributed by atoms with Gasteiger partial charge in [-0.2, -0.15) is 0 Å². The molecule has 0 fully saturated rings. The lowest BCUT2D eigenvalue weighted by atomic mass is 10.1. The van der Waals surface area contributed by atoms with Gasteiger partial charge in [-0.1, -0.05) is 48.5 Å². The van der Waals surface area contributed by atoms with Gasteiger partial charge >= 0.3 is 0 Å². The number of hydrogen-bond donors (Lipinski definition) is 0. The Morgan fingerprint density at radius 3 is 2.20 bits per heavy atom. The summed E-state index contributed by atoms with van der Waals surface area (Å²) in [5.41, 5.74) is 5.02. The molecule has 0 bridgehead atoms. The zero-order chi connectivity index (χ0) is 13.5. The zero-order valence-corrected chi connectivity index (χ0v) is 11.4. The van der Waals surface area contributed by atoms with E-state index in [4.69, 9.17) is 4.99 Å². The van der Waals surface area contributed by atoms with Crippen molar-refractivity contribution in [1.29, 1.82) is 0 Å². The third-order valence-corrected chi connectivity index (χ3v) is 3.96. The number of rotatable bonds is 0. The topological polar surface area (TPSA) is 28.0 Å². The smallest absolute Gasteiger partial charge is 0.157 e. The molecule has 0 saturated heterocycles. The van der Waals surface area contributed by atoms with Crippen molar-refractivity contribution in [3.8, 4) is 0 Å². The van der Waals surface area contributed by atoms with E-state index >= 15 is 0 Å². The van der Waals surface area contributed by atoms with E-state index < -0.39 is 0 Å². The van der Waals surface area contributed by atoms with E-state index in [1.807, 2.05) is 7.05 Å². The standard InChI is InChI=1S/C17H15N3/c1-18-16-14-8-4-2-6-12(14)10-20-11-13-7-3-5-9-15(13)17(20)19-16/h2-9H,10-11H2,1H3. The van der Waals surface area contributed by atoms with Gasteiger partial charge in [0.15, 0.2) is 5.84 Å². The molecule has 4 rings (SSSR count). The van der Waals surface area contributed by atoms with Crippen LogP contribution in [0.15, 0.2) is 58.5 Å². The Morgan fingerprint density at radius 2 is 1.50 bits per heavy atom. The van der Waals surface area contributed by atoms with E-state index in [1.54, 1.807) is 0 Å². The molecular weight excluding hydrogens is 246 g/mol. The van der Waals surface area contributed by atoms with Crippen molar-refractivity contribution in [3.05, 3.63) is 70.8 Å². The molecule has 0 aliphatic carbocycles. The molecule has 0 atom stereocenters. The summed E-state index contributed by atoms with van der Waals surface area (Å²) in [7, 11) is 1.81. The quantitative estimate of drug-likeness (QED) is 0.716. The average Bonchev–Trinajstić information content (AvgIpc) is 2.74. The maximum Gasteiger partial charge on any atom is 0.157 e. The van der Waals surface area contributed by atoms with Crippen LogP contribution in [0.25, 0.3) is 0 Å². The minimum absolute atomic E-state index is 0.829. The van der Waals surface area contributed by atoms with Crippen LogP contribution in [-0.2, 0) is 13.1 Å². The molecule has 2 aromatic rings. The molecule has 2 heterocycles. The molecule has 3 heteroatoms. The second-order valence-electron chi connectivity index (χ2n) is 5.15. The summed E-state index contributed by atoms with van der Waals surface area (Å²) in [5.74, 6) is 1.88. The van der Waals surface area contributed by atoms with Crippen molar-refractivity contribution < 1.29 is 0 Å². The Labute approximate surface area is 118 Å². The molecule has 0 radical (unpaired) electrons. The SMILES string of the molecule is CN=C1N=C2c3ccccc3CN2Cc2ccccc21. The van der Waals surface area contributed by atoms with Gasteiger partial charge in [0.1, 0.15) is 5.84 Å². The van der Waals surface area contributed by atoms with Crippen LogP contribution in [0, 0.1) is 0 Å². The Balaban J connectivity index is 1.92. The molecule has 0 saturated carbocycles. The highest BCUT2D eigenvalue weighted by Gasteiger charge is 2.28. The summed E-state index contributed by atoms with van der Waals surface area (Å²) in [6.45, 7) is 1.82. The maximum atomic E-state index is 4.83. The molecule has 3 nitrogen and oxygen atoms in total. The predicted octanol–water partition coefficient (Wildman–Crippen LogP) is 2.84. The maximum absolute atomic E-state index is 4.83. The second kappa shape index (κ2) is 4.30. The summed E-state index contributed by atoms with van der Waals surface area (Å²) in [6, 6.07) is 16.9. The van der Waals surface area contributed by atoms with Crippen LogP contribution >= 0.6 is 0 Å². The molecular formula is C17H15N3. The first-order valence-corrected chi connectivity index (χ1v) is 6.84. The first-order valence-electron chi connectivity index (χ1n) is 6.84. The Hall–Kier alpha value is -2.42. The number of nitrogens with zero attached hydrogens (tertiary/aromatic N) is 3. The summed E-state index contributed by atoms with van der Waals surface area (Å²) < 4.78 is 0. The van der Waals surface area contributed by atoms with Crippen LogP contribution in [0.2, 0.25) is 0 Å². The fraction of sp³-hybridized carbons (Fsp3) is 0.176. The van der Waals surface area contributed by atoms with Gasteiger partial charge in [0.25, 0.3) is 0 Å². The molecule has 20 heavy (non-hydrogen) atoms. The van der Waals surface area contributed by atoms with Gasteiger partial charge in [0.05, 0.1) is 0 Å². The number of amidine groups is 2. The van der Waals surface area contributed by atoms with E-state index in [9.17, 15) is 0 Å². The van der Waals surface area contributed by atoms with Crippen LogP contribution in [0.4, 0.5) is 0 Å². The van der Waals surface area contributed by atoms with Crippen molar-refractivity contribution in [2.24, 2.45) is 9.98 Å². The first kappa shape index (κ1) is 11.4. The van der Waals surface area contributed by atoms with Crippen molar-refractivity contribution in [3.63, 3.8) is 0 Å². The number of aliphatic imine (C=N–C) groups is 2. The van der Waals surface area contributed by atoms with Crippen molar-refractivity contribution in [2.75, 3.05) is 7.05 Å². The molecule has 0 spiro atoms. The van der Waals surface area contributed by atoms with Gasteiger partial charge in [-0.25, -0.2) is 4.99 Å². The summed E-state index contributed by atoms with van der Waals surface area (Å²) in [5, 5.41) is 0. The van der Waals surface area contributed by atoms with Gasteiger partial charge < -0.3 is 4.90 Å². The lowest BCUT2D eigenvalue weighted by molar-refractivity contribution is 0.426. The largest absolute Gasteiger partial charge is 0.347 e. The molecule has 0 aromatic heterocycles. The third-order valence-electron chi connectivity index (χ3n) is 3.96. The molecule has 0 amide bonds. The summed E-state index contributed by atoms with van der Waals surface area (Å²) in [4.78, 5) is 11.6. The van der Waals surface area contributed by atoms with Crippen LogP contribution in [0.5, 0.6) is 0 Å². The minimum Gasteiger partial charge on any atom is -0.347 e. The first-order chi connectivity index (χ1) is 9.86. The van der Waals surface area contributed by atoms with Crippen molar-refractivity contribution >= 4 is 11.7 Å². The van der Waals surface area contributed by atoms with Gasteiger partial charge in [0, 0.05) is 31.3 Å². The minimum atomic E-state index is 0.829. The summed E-state index contributed by atoms with van der Waals surface area (Å²) in [6.07, 6.45) is 0. The van der Waals surface area contributed by atoms with Gasteiger partial charge in [-0.3, -0.25) is 4.99 Å². The number of fused-ring (bicyclic) bond motifs is 4. The molecule has 2 aliphatic rings. The fourth-order valence-corrected chi connectivity index (χ4v) is 3.00. The van der Waals surface area contributed by atoms with E-state index in [0.717, 1.165) is 30.3 Å². The van der Waals surface area contributed by atoms with Crippen LogP contribution in [0.1, 0.15) is 22.3 Å². The fourth-order valence-electron chi connectivity index (χ4n) is 3.00. The van der Waals surface area contributed by atoms with Crippen LogP contribution < -0.4 is 0 Å². The molecule has 0 unspecified atom stereocenters. The van der Waals surface area contributed by atoms with Crippen LogP contribution in [-0.4, -0.2) is 23.6 Å². The van der Waals surface area contributed by atoms with Gasteiger partial charge in [-0.15, -0.1) is 0 Å². The van der Waals surface area contributed by atoms with E-state index in [1.165, 1.54) is 16.7 Å². The van der Waals surface area contributed by atoms with E-state index in [0.29, 0.717) is 0 Å². The Bertz CT molecular complexity index is 743. The highest BCUT2D eigenvalue weighted by Crippen LogP contribution is 2.28. The average molecular weight is 261 g/mol. The third kappa shape index (κ3) is 1.59. The summed E-state index contributed by atoms with van der Waals surface area (Å²) >= 11 is 0. The lowest BCUT2D eigenvalue weighted by Gasteiger charge is -2.17. The van der Waals surface area contributed by atoms with Gasteiger partial charge in [-0.05, 0) is 11.1 Å². The molecule has 0 N–H and O–H groups in total. The number of benzene rings is 2. The Morgan fingerprint density at radius 1 is 0.900 bits per heavy atom.